The summed E-state index contributed by atoms with van der Waals surface area (Å²) in [6, 6.07) is 0. The summed E-state index contributed by atoms with van der Waals surface area (Å²) in [5.74, 6) is 0. The molecule has 10 heavy (non-hydrogen) atoms. The number of hydrogen-bond donors (Lipinski definition) is 1. The van der Waals surface area contributed by atoms with Crippen LogP contribution < -0.4 is 5.32 Å². The van der Waals surface area contributed by atoms with Crippen LogP contribution in [0.15, 0.2) is 4.47 Å². The van der Waals surface area contributed by atoms with Crippen molar-refractivity contribution in [2.24, 2.45) is 4.47 Å². The molecule has 0 unspecified atom stereocenters. The summed E-state index contributed by atoms with van der Waals surface area (Å²) in [6.45, 7) is 3.77. The Labute approximate surface area is 64.0 Å². The second-order valence-electron chi connectivity index (χ2n) is 2.69. The molecule has 1 rings (SSSR count). The minimum atomic E-state index is 0.326. The predicted molar refractivity (Wildman–Crippen MR) is 39.4 cm³/mol. The zero-order valence-corrected chi connectivity index (χ0v) is 6.86. The van der Waals surface area contributed by atoms with Gasteiger partial charge in [-0.05, 0) is 0 Å². The maximum atomic E-state index is 10.1. The van der Waals surface area contributed by atoms with Gasteiger partial charge in [-0.25, -0.2) is 0 Å². The summed E-state index contributed by atoms with van der Waals surface area (Å²) >= 11 is 0.326. The minimum Gasteiger partial charge on any atom is -0.306 e. The lowest BCUT2D eigenvalue weighted by Gasteiger charge is -2.29. The highest BCUT2D eigenvalue weighted by Gasteiger charge is 2.24. The topological polar surface area (TPSA) is 41.5 Å². The molecule has 4 nitrogen and oxygen atoms in total. The minimum absolute atomic E-state index is 0.326. The molecule has 1 fully saturated rings. The van der Waals surface area contributed by atoms with Crippen molar-refractivity contribution < 1.29 is 8.80 Å². The van der Waals surface area contributed by atoms with Gasteiger partial charge in [0.05, 0.1) is 7.05 Å². The van der Waals surface area contributed by atoms with Crippen molar-refractivity contribution in [3.8, 4) is 0 Å². The van der Waals surface area contributed by atoms with Crippen molar-refractivity contribution in [3.05, 3.63) is 0 Å². The highest BCUT2D eigenvalue weighted by molar-refractivity contribution is 7.54. The predicted octanol–water partition coefficient (Wildman–Crippen LogP) is -0.652. The SMILES string of the molecule is C[N+]1(N=S=O)CCNCC1. The fourth-order valence-electron chi connectivity index (χ4n) is 1.04. The van der Waals surface area contributed by atoms with Crippen LogP contribution in [0, 0.1) is 0 Å². The molecule has 0 aromatic heterocycles. The van der Waals surface area contributed by atoms with Crippen LogP contribution in [0.25, 0.3) is 0 Å². The third-order valence-electron chi connectivity index (χ3n) is 1.77. The number of hydrogen-bond acceptors (Lipinski definition) is 3. The number of quaternary nitrogens is 1. The third-order valence-corrected chi connectivity index (χ3v) is 2.23. The van der Waals surface area contributed by atoms with E-state index in [0.717, 1.165) is 26.2 Å². The van der Waals surface area contributed by atoms with Crippen molar-refractivity contribution in [1.29, 1.82) is 0 Å². The Morgan fingerprint density at radius 3 is 2.60 bits per heavy atom. The number of rotatable bonds is 1. The molecular formula is C5H12N3OS+. The van der Waals surface area contributed by atoms with E-state index in [0.29, 0.717) is 16.1 Å². The Kier molecular flexibility index (Phi) is 2.53. The average molecular weight is 162 g/mol. The van der Waals surface area contributed by atoms with Crippen molar-refractivity contribution in [3.63, 3.8) is 0 Å². The summed E-state index contributed by atoms with van der Waals surface area (Å²) < 4.78 is 14.5. The van der Waals surface area contributed by atoms with Crippen molar-refractivity contribution in [2.45, 2.75) is 0 Å². The lowest BCUT2D eigenvalue weighted by atomic mass is 10.4. The zero-order chi connectivity index (χ0) is 7.45. The van der Waals surface area contributed by atoms with Gasteiger partial charge in [0, 0.05) is 17.6 Å². The van der Waals surface area contributed by atoms with Gasteiger partial charge in [0.2, 0.25) is 0 Å². The van der Waals surface area contributed by atoms with Gasteiger partial charge in [-0.15, -0.1) is 0 Å². The normalized spacial score (nSPS) is 23.7. The maximum absolute atomic E-state index is 10.1. The fourth-order valence-corrected chi connectivity index (χ4v) is 1.36. The van der Waals surface area contributed by atoms with Gasteiger partial charge < -0.3 is 5.32 Å². The van der Waals surface area contributed by atoms with Crippen LogP contribution in [-0.2, 0) is 11.5 Å². The fraction of sp³-hybridized carbons (Fsp3) is 1.00. The van der Waals surface area contributed by atoms with E-state index in [4.69, 9.17) is 0 Å². The van der Waals surface area contributed by atoms with Crippen molar-refractivity contribution in [2.75, 3.05) is 33.2 Å². The first-order valence-corrected chi connectivity index (χ1v) is 4.03. The van der Waals surface area contributed by atoms with Gasteiger partial charge in [0.15, 0.2) is 0 Å². The first-order valence-electron chi connectivity index (χ1n) is 3.34. The molecule has 58 valence electrons. The van der Waals surface area contributed by atoms with E-state index < -0.39 is 0 Å². The van der Waals surface area contributed by atoms with E-state index in [9.17, 15) is 4.21 Å². The number of likely N-dealkylation sites (N-methyl/N-ethyl adjacent to an activating group) is 1. The molecular weight excluding hydrogens is 150 g/mol. The van der Waals surface area contributed by atoms with Crippen LogP contribution in [0.2, 0.25) is 0 Å². The molecule has 0 saturated carbocycles. The lowest BCUT2D eigenvalue weighted by molar-refractivity contribution is -0.915. The monoisotopic (exact) mass is 162 g/mol. The van der Waals surface area contributed by atoms with E-state index in [1.165, 1.54) is 0 Å². The Hall–Kier alpha value is -0.260. The molecule has 0 aromatic rings. The van der Waals surface area contributed by atoms with Crippen LogP contribution in [0.1, 0.15) is 0 Å². The number of piperazine rings is 1. The molecule has 1 heterocycles. The lowest BCUT2D eigenvalue weighted by Crippen LogP contribution is -2.52. The molecule has 0 amide bonds. The van der Waals surface area contributed by atoms with Crippen LogP contribution in [0.4, 0.5) is 0 Å². The Morgan fingerprint density at radius 1 is 1.50 bits per heavy atom. The van der Waals surface area contributed by atoms with E-state index in [1.54, 1.807) is 0 Å². The van der Waals surface area contributed by atoms with Crippen molar-refractivity contribution >= 4 is 11.5 Å². The van der Waals surface area contributed by atoms with Crippen molar-refractivity contribution in [1.82, 2.24) is 5.32 Å². The molecule has 0 spiro atoms. The van der Waals surface area contributed by atoms with E-state index >= 15 is 0 Å². The molecule has 1 aliphatic rings. The van der Waals surface area contributed by atoms with E-state index in [1.807, 2.05) is 7.05 Å². The molecule has 1 aliphatic heterocycles. The quantitative estimate of drug-likeness (QED) is 0.520. The summed E-state index contributed by atoms with van der Waals surface area (Å²) in [5.41, 5.74) is 0. The van der Waals surface area contributed by atoms with Crippen LogP contribution in [0.5, 0.6) is 0 Å². The van der Waals surface area contributed by atoms with E-state index in [2.05, 4.69) is 9.79 Å². The molecule has 0 bridgehead atoms. The van der Waals surface area contributed by atoms with Gasteiger partial charge in [-0.2, -0.15) is 8.80 Å². The number of nitrogens with one attached hydrogen (secondary N) is 1. The Morgan fingerprint density at radius 2 is 2.10 bits per heavy atom. The van der Waals surface area contributed by atoms with Gasteiger partial charge in [-0.3, -0.25) is 0 Å². The first-order chi connectivity index (χ1) is 4.77. The molecule has 1 N–H and O–H groups in total. The first kappa shape index (κ1) is 7.84. The summed E-state index contributed by atoms with van der Waals surface area (Å²) in [4.78, 5) is 0. The summed E-state index contributed by atoms with van der Waals surface area (Å²) in [7, 11) is 1.98. The number of nitrogens with zero attached hydrogens (tertiary/aromatic N) is 2. The van der Waals surface area contributed by atoms with Crippen LogP contribution in [0.3, 0.4) is 0 Å². The van der Waals surface area contributed by atoms with Crippen LogP contribution >= 0.6 is 0 Å². The summed E-state index contributed by atoms with van der Waals surface area (Å²) in [5, 5.41) is 3.21. The molecule has 0 aliphatic carbocycles. The average Bonchev–Trinajstić information content (AvgIpc) is 1.89. The van der Waals surface area contributed by atoms with Gasteiger partial charge in [0.25, 0.3) is 11.5 Å². The third kappa shape index (κ3) is 1.86. The van der Waals surface area contributed by atoms with Gasteiger partial charge in [0.1, 0.15) is 13.1 Å². The molecule has 5 heteroatoms. The second-order valence-corrected chi connectivity index (χ2v) is 3.00. The second kappa shape index (κ2) is 3.23. The van der Waals surface area contributed by atoms with Gasteiger partial charge in [-0.1, -0.05) is 0 Å². The summed E-state index contributed by atoms with van der Waals surface area (Å²) in [6.07, 6.45) is 0. The molecule has 0 atom stereocenters. The smallest absolute Gasteiger partial charge is 0.257 e. The highest BCUT2D eigenvalue weighted by Crippen LogP contribution is 2.03. The molecule has 1 saturated heterocycles. The standard InChI is InChI=1S/C5H12N3OS/c1-8(7-10-9)4-2-6-3-5-8/h6H,2-5H2,1H3/q+1. The largest absolute Gasteiger partial charge is 0.306 e. The Balaban J connectivity index is 2.56. The maximum Gasteiger partial charge on any atom is 0.257 e. The van der Waals surface area contributed by atoms with E-state index in [-0.39, 0.29) is 0 Å². The van der Waals surface area contributed by atoms with Gasteiger partial charge >= 0.3 is 0 Å². The zero-order valence-electron chi connectivity index (χ0n) is 6.04. The van der Waals surface area contributed by atoms with Crippen LogP contribution in [-0.4, -0.2) is 42.0 Å². The molecule has 0 aromatic carbocycles. The molecule has 0 radical (unpaired) electrons. The Bertz CT molecular complexity index is 160. The highest BCUT2D eigenvalue weighted by atomic mass is 32.1.